The summed E-state index contributed by atoms with van der Waals surface area (Å²) in [5, 5.41) is 12.3. The number of hydrogen-bond acceptors (Lipinski definition) is 3. The first-order valence-corrected chi connectivity index (χ1v) is 4.65. The molecule has 1 heterocycles. The molecule has 1 fully saturated rings. The molecule has 12 heavy (non-hydrogen) atoms. The third-order valence-electron chi connectivity index (χ3n) is 2.23. The smallest absolute Gasteiger partial charge is 0.0780 e. The van der Waals surface area contributed by atoms with E-state index in [-0.39, 0.29) is 11.7 Å². The normalized spacial score (nSPS) is 33.2. The second kappa shape index (κ2) is 4.21. The van der Waals surface area contributed by atoms with E-state index in [0.29, 0.717) is 6.61 Å². The Morgan fingerprint density at radius 3 is 2.92 bits per heavy atom. The highest BCUT2D eigenvalue weighted by atomic mass is 16.5. The highest BCUT2D eigenvalue weighted by Gasteiger charge is 2.27. The van der Waals surface area contributed by atoms with Gasteiger partial charge >= 0.3 is 0 Å². The molecule has 2 atom stereocenters. The van der Waals surface area contributed by atoms with E-state index in [4.69, 9.17) is 9.84 Å². The van der Waals surface area contributed by atoms with E-state index in [1.165, 1.54) is 0 Å². The Morgan fingerprint density at radius 1 is 1.67 bits per heavy atom. The van der Waals surface area contributed by atoms with Gasteiger partial charge in [0.05, 0.1) is 18.3 Å². The van der Waals surface area contributed by atoms with Crippen molar-refractivity contribution >= 4 is 0 Å². The third kappa shape index (κ3) is 3.09. The minimum atomic E-state index is -0.358. The molecule has 2 N–H and O–H groups in total. The van der Waals surface area contributed by atoms with Crippen molar-refractivity contribution in [2.24, 2.45) is 0 Å². The van der Waals surface area contributed by atoms with E-state index in [9.17, 15) is 0 Å². The largest absolute Gasteiger partial charge is 0.391 e. The molecule has 1 rings (SSSR count). The third-order valence-corrected chi connectivity index (χ3v) is 2.23. The van der Waals surface area contributed by atoms with Crippen LogP contribution in [0.25, 0.3) is 0 Å². The molecule has 72 valence electrons. The summed E-state index contributed by atoms with van der Waals surface area (Å²) in [6.07, 6.45) is 1.90. The molecule has 3 nitrogen and oxygen atoms in total. The van der Waals surface area contributed by atoms with Crippen molar-refractivity contribution in [1.29, 1.82) is 0 Å². The van der Waals surface area contributed by atoms with Crippen LogP contribution in [0.4, 0.5) is 0 Å². The fourth-order valence-electron chi connectivity index (χ4n) is 1.47. The van der Waals surface area contributed by atoms with Gasteiger partial charge in [-0.15, -0.1) is 0 Å². The molecule has 3 heteroatoms. The van der Waals surface area contributed by atoms with E-state index < -0.39 is 0 Å². The minimum absolute atomic E-state index is 0.0603. The summed E-state index contributed by atoms with van der Waals surface area (Å²) < 4.78 is 5.62. The van der Waals surface area contributed by atoms with Crippen LogP contribution < -0.4 is 5.32 Å². The van der Waals surface area contributed by atoms with Crippen molar-refractivity contribution in [3.05, 3.63) is 0 Å². The molecule has 1 saturated heterocycles. The minimum Gasteiger partial charge on any atom is -0.391 e. The molecule has 0 spiro atoms. The standard InChI is InChI=1S/C9H19NO2/c1-8(11)6-12-9(2)4-3-5-10-7-9/h8,10-11H,3-7H2,1-2H3. The summed E-state index contributed by atoms with van der Waals surface area (Å²) in [6, 6.07) is 0. The van der Waals surface area contributed by atoms with Gasteiger partial charge in [0, 0.05) is 6.54 Å². The van der Waals surface area contributed by atoms with E-state index in [1.807, 2.05) is 0 Å². The predicted octanol–water partition coefficient (Wildman–Crippen LogP) is 0.526. The summed E-state index contributed by atoms with van der Waals surface area (Å²) in [5.74, 6) is 0. The van der Waals surface area contributed by atoms with Crippen LogP contribution in [-0.4, -0.2) is 36.5 Å². The Morgan fingerprint density at radius 2 is 2.42 bits per heavy atom. The van der Waals surface area contributed by atoms with E-state index in [0.717, 1.165) is 25.9 Å². The summed E-state index contributed by atoms with van der Waals surface area (Å²) in [4.78, 5) is 0. The quantitative estimate of drug-likeness (QED) is 0.654. The van der Waals surface area contributed by atoms with Crippen LogP contribution in [0, 0.1) is 0 Å². The second-order valence-electron chi connectivity index (χ2n) is 3.89. The molecule has 1 aliphatic heterocycles. The summed E-state index contributed by atoms with van der Waals surface area (Å²) in [6.45, 7) is 6.28. The Bertz CT molecular complexity index is 130. The fourth-order valence-corrected chi connectivity index (χ4v) is 1.47. The molecule has 0 radical (unpaired) electrons. The van der Waals surface area contributed by atoms with Gasteiger partial charge in [-0.05, 0) is 33.2 Å². The Labute approximate surface area is 74.1 Å². The maximum atomic E-state index is 9.05. The lowest BCUT2D eigenvalue weighted by atomic mass is 9.96. The first-order valence-electron chi connectivity index (χ1n) is 4.65. The van der Waals surface area contributed by atoms with Gasteiger partial charge in [-0.2, -0.15) is 0 Å². The highest BCUT2D eigenvalue weighted by Crippen LogP contribution is 2.19. The number of ether oxygens (including phenoxy) is 1. The zero-order valence-corrected chi connectivity index (χ0v) is 7.97. The summed E-state index contributed by atoms with van der Waals surface area (Å²) in [7, 11) is 0. The Kier molecular flexibility index (Phi) is 3.50. The lowest BCUT2D eigenvalue weighted by molar-refractivity contribution is -0.0762. The molecular formula is C9H19NO2. The topological polar surface area (TPSA) is 41.5 Å². The first-order chi connectivity index (χ1) is 5.62. The van der Waals surface area contributed by atoms with Crippen LogP contribution in [0.5, 0.6) is 0 Å². The summed E-state index contributed by atoms with van der Waals surface area (Å²) in [5.41, 5.74) is -0.0603. The highest BCUT2D eigenvalue weighted by molar-refractivity contribution is 4.82. The molecule has 0 bridgehead atoms. The van der Waals surface area contributed by atoms with Gasteiger partial charge in [0.15, 0.2) is 0 Å². The van der Waals surface area contributed by atoms with Crippen molar-refractivity contribution in [2.45, 2.75) is 38.4 Å². The van der Waals surface area contributed by atoms with E-state index in [2.05, 4.69) is 12.2 Å². The van der Waals surface area contributed by atoms with Gasteiger partial charge in [-0.3, -0.25) is 0 Å². The van der Waals surface area contributed by atoms with Gasteiger partial charge in [-0.25, -0.2) is 0 Å². The zero-order chi connectivity index (χ0) is 9.03. The average Bonchev–Trinajstić information content (AvgIpc) is 2.03. The van der Waals surface area contributed by atoms with Crippen molar-refractivity contribution in [3.8, 4) is 0 Å². The molecule has 0 saturated carbocycles. The molecular weight excluding hydrogens is 154 g/mol. The lowest BCUT2D eigenvalue weighted by Crippen LogP contribution is -2.46. The molecule has 1 aliphatic rings. The maximum absolute atomic E-state index is 9.05. The van der Waals surface area contributed by atoms with Crippen molar-refractivity contribution in [3.63, 3.8) is 0 Å². The van der Waals surface area contributed by atoms with Crippen LogP contribution in [0.2, 0.25) is 0 Å². The number of rotatable bonds is 3. The average molecular weight is 173 g/mol. The van der Waals surface area contributed by atoms with Crippen LogP contribution in [0.1, 0.15) is 26.7 Å². The number of piperidine rings is 1. The Balaban J connectivity index is 2.26. The first kappa shape index (κ1) is 9.96. The van der Waals surface area contributed by atoms with Crippen molar-refractivity contribution in [2.75, 3.05) is 19.7 Å². The predicted molar refractivity (Wildman–Crippen MR) is 48.1 cm³/mol. The van der Waals surface area contributed by atoms with E-state index >= 15 is 0 Å². The maximum Gasteiger partial charge on any atom is 0.0780 e. The second-order valence-corrected chi connectivity index (χ2v) is 3.89. The number of aliphatic hydroxyl groups excluding tert-OH is 1. The monoisotopic (exact) mass is 173 g/mol. The van der Waals surface area contributed by atoms with Crippen LogP contribution >= 0.6 is 0 Å². The van der Waals surface area contributed by atoms with Gasteiger partial charge < -0.3 is 15.2 Å². The molecule has 0 amide bonds. The Hall–Kier alpha value is -0.120. The van der Waals surface area contributed by atoms with Gasteiger partial charge in [0.1, 0.15) is 0 Å². The SMILES string of the molecule is CC(O)COC1(C)CCCNC1. The van der Waals surface area contributed by atoms with Crippen molar-refractivity contribution < 1.29 is 9.84 Å². The fraction of sp³-hybridized carbons (Fsp3) is 1.00. The van der Waals surface area contributed by atoms with Gasteiger partial charge in [0.25, 0.3) is 0 Å². The van der Waals surface area contributed by atoms with Crippen LogP contribution in [0.3, 0.4) is 0 Å². The molecule has 0 aromatic heterocycles. The van der Waals surface area contributed by atoms with Crippen molar-refractivity contribution in [1.82, 2.24) is 5.32 Å². The van der Waals surface area contributed by atoms with Gasteiger partial charge in [0.2, 0.25) is 0 Å². The lowest BCUT2D eigenvalue weighted by Gasteiger charge is -2.34. The summed E-state index contributed by atoms with van der Waals surface area (Å²) >= 11 is 0. The van der Waals surface area contributed by atoms with Crippen LogP contribution in [-0.2, 0) is 4.74 Å². The zero-order valence-electron chi connectivity index (χ0n) is 7.97. The number of aliphatic hydroxyl groups is 1. The molecule has 0 aromatic carbocycles. The number of nitrogens with one attached hydrogen (secondary N) is 1. The van der Waals surface area contributed by atoms with Gasteiger partial charge in [-0.1, -0.05) is 0 Å². The number of hydrogen-bond donors (Lipinski definition) is 2. The van der Waals surface area contributed by atoms with E-state index in [1.54, 1.807) is 6.92 Å². The van der Waals surface area contributed by atoms with Crippen LogP contribution in [0.15, 0.2) is 0 Å². The molecule has 0 aromatic rings. The molecule has 2 unspecified atom stereocenters. The molecule has 0 aliphatic carbocycles.